The van der Waals surface area contributed by atoms with Gasteiger partial charge in [-0.05, 0) is 12.1 Å². The number of methoxy groups -OCH3 is 1. The molecule has 2 aromatic rings. The molecule has 0 amide bonds. The minimum absolute atomic E-state index is 0.123. The van der Waals surface area contributed by atoms with Crippen LogP contribution in [-0.2, 0) is 11.2 Å². The van der Waals surface area contributed by atoms with E-state index < -0.39 is 0 Å². The molecule has 6 nitrogen and oxygen atoms in total. The van der Waals surface area contributed by atoms with Gasteiger partial charge in [-0.1, -0.05) is 5.16 Å². The maximum Gasteiger partial charge on any atom is 0.228 e. The summed E-state index contributed by atoms with van der Waals surface area (Å²) in [6.07, 6.45) is 2.32. The summed E-state index contributed by atoms with van der Waals surface area (Å²) in [5.74, 6) is 1.07. The predicted molar refractivity (Wildman–Crippen MR) is 57.6 cm³/mol. The van der Waals surface area contributed by atoms with Crippen LogP contribution in [0.25, 0.3) is 11.5 Å². The zero-order valence-electron chi connectivity index (χ0n) is 9.01. The first-order valence-electron chi connectivity index (χ1n) is 5.00. The van der Waals surface area contributed by atoms with E-state index in [2.05, 4.69) is 15.1 Å². The number of H-pyrrole nitrogens is 1. The molecule has 0 spiro atoms. The van der Waals surface area contributed by atoms with E-state index in [1.54, 1.807) is 7.11 Å². The van der Waals surface area contributed by atoms with Gasteiger partial charge in [-0.2, -0.15) is 4.98 Å². The number of aromatic amines is 1. The van der Waals surface area contributed by atoms with Crippen molar-refractivity contribution < 1.29 is 9.26 Å². The van der Waals surface area contributed by atoms with Crippen LogP contribution < -0.4 is 5.73 Å². The predicted octanol–water partition coefficient (Wildman–Crippen LogP) is 0.581. The number of rotatable bonds is 5. The molecule has 0 aliphatic carbocycles. The summed E-state index contributed by atoms with van der Waals surface area (Å²) < 4.78 is 10.0. The molecule has 2 aromatic heterocycles. The Morgan fingerprint density at radius 1 is 1.62 bits per heavy atom. The first-order valence-corrected chi connectivity index (χ1v) is 5.00. The third kappa shape index (κ3) is 2.47. The molecule has 2 rings (SSSR count). The lowest BCUT2D eigenvalue weighted by atomic mass is 10.2. The molecule has 1 unspecified atom stereocenters. The van der Waals surface area contributed by atoms with Crippen LogP contribution in [0.15, 0.2) is 22.9 Å². The van der Waals surface area contributed by atoms with Crippen LogP contribution in [0.1, 0.15) is 5.89 Å². The fraction of sp³-hybridized carbons (Fsp3) is 0.400. The van der Waals surface area contributed by atoms with Gasteiger partial charge in [0.1, 0.15) is 0 Å². The normalized spacial score (nSPS) is 12.9. The number of aromatic nitrogens is 3. The molecule has 0 fully saturated rings. The van der Waals surface area contributed by atoms with Crippen LogP contribution in [0.3, 0.4) is 0 Å². The molecule has 0 radical (unpaired) electrons. The van der Waals surface area contributed by atoms with Crippen LogP contribution in [0.4, 0.5) is 0 Å². The Morgan fingerprint density at radius 3 is 3.19 bits per heavy atom. The highest BCUT2D eigenvalue weighted by Gasteiger charge is 2.12. The maximum atomic E-state index is 5.78. The summed E-state index contributed by atoms with van der Waals surface area (Å²) in [5.41, 5.74) is 6.61. The van der Waals surface area contributed by atoms with Gasteiger partial charge in [-0.15, -0.1) is 0 Å². The van der Waals surface area contributed by atoms with Crippen molar-refractivity contribution in [2.45, 2.75) is 12.5 Å². The molecule has 86 valence electrons. The van der Waals surface area contributed by atoms with Crippen molar-refractivity contribution in [3.05, 3.63) is 24.2 Å². The summed E-state index contributed by atoms with van der Waals surface area (Å²) in [4.78, 5) is 7.23. The Bertz CT molecular complexity index is 424. The van der Waals surface area contributed by atoms with Crippen molar-refractivity contribution in [3.63, 3.8) is 0 Å². The van der Waals surface area contributed by atoms with Crippen molar-refractivity contribution in [2.24, 2.45) is 5.73 Å². The van der Waals surface area contributed by atoms with Crippen LogP contribution in [0.2, 0.25) is 0 Å². The second-order valence-corrected chi connectivity index (χ2v) is 3.52. The van der Waals surface area contributed by atoms with E-state index >= 15 is 0 Å². The zero-order valence-corrected chi connectivity index (χ0v) is 9.01. The van der Waals surface area contributed by atoms with E-state index in [0.29, 0.717) is 24.7 Å². The molecule has 1 atom stereocenters. The number of nitrogens with two attached hydrogens (primary N) is 1. The van der Waals surface area contributed by atoms with Gasteiger partial charge in [0.2, 0.25) is 11.7 Å². The number of ether oxygens (including phenoxy) is 1. The number of nitrogens with one attached hydrogen (secondary N) is 1. The molecule has 16 heavy (non-hydrogen) atoms. The smallest absolute Gasteiger partial charge is 0.228 e. The maximum absolute atomic E-state index is 5.78. The number of hydrogen-bond acceptors (Lipinski definition) is 5. The topological polar surface area (TPSA) is 90.0 Å². The SMILES string of the molecule is COCC(N)Cc1nc(-c2ccc[nH]2)no1. The number of hydrogen-bond donors (Lipinski definition) is 2. The quantitative estimate of drug-likeness (QED) is 0.772. The van der Waals surface area contributed by atoms with E-state index in [9.17, 15) is 0 Å². The molecule has 0 saturated carbocycles. The summed E-state index contributed by atoms with van der Waals surface area (Å²) in [5, 5.41) is 3.86. The van der Waals surface area contributed by atoms with Gasteiger partial charge < -0.3 is 20.0 Å². The summed E-state index contributed by atoms with van der Waals surface area (Å²) in [6.45, 7) is 0.472. The van der Waals surface area contributed by atoms with Gasteiger partial charge in [-0.25, -0.2) is 0 Å². The highest BCUT2D eigenvalue weighted by molar-refractivity contribution is 5.47. The minimum Gasteiger partial charge on any atom is -0.383 e. The summed E-state index contributed by atoms with van der Waals surface area (Å²) in [6, 6.07) is 3.63. The Labute approximate surface area is 92.8 Å². The van der Waals surface area contributed by atoms with Gasteiger partial charge >= 0.3 is 0 Å². The molecule has 0 saturated heterocycles. The van der Waals surface area contributed by atoms with E-state index in [4.69, 9.17) is 15.0 Å². The van der Waals surface area contributed by atoms with Crippen LogP contribution in [0.5, 0.6) is 0 Å². The molecular weight excluding hydrogens is 208 g/mol. The van der Waals surface area contributed by atoms with Crippen molar-refractivity contribution in [1.82, 2.24) is 15.1 Å². The second kappa shape index (κ2) is 4.91. The lowest BCUT2D eigenvalue weighted by molar-refractivity contribution is 0.176. The first kappa shape index (κ1) is 10.8. The molecule has 2 heterocycles. The molecule has 0 aliphatic heterocycles. The average molecular weight is 222 g/mol. The third-order valence-corrected chi connectivity index (χ3v) is 2.12. The Balaban J connectivity index is 2.03. The van der Waals surface area contributed by atoms with Crippen molar-refractivity contribution in [3.8, 4) is 11.5 Å². The van der Waals surface area contributed by atoms with Crippen LogP contribution >= 0.6 is 0 Å². The van der Waals surface area contributed by atoms with Crippen molar-refractivity contribution >= 4 is 0 Å². The van der Waals surface area contributed by atoms with E-state index in [1.807, 2.05) is 18.3 Å². The molecule has 6 heteroatoms. The Kier molecular flexibility index (Phi) is 3.33. The highest BCUT2D eigenvalue weighted by atomic mass is 16.5. The standard InChI is InChI=1S/C10H14N4O2/c1-15-6-7(11)5-9-13-10(14-16-9)8-3-2-4-12-8/h2-4,7,12H,5-6,11H2,1H3. The van der Waals surface area contributed by atoms with Crippen molar-refractivity contribution in [1.29, 1.82) is 0 Å². The van der Waals surface area contributed by atoms with E-state index in [0.717, 1.165) is 5.69 Å². The molecule has 0 aromatic carbocycles. The average Bonchev–Trinajstić information content (AvgIpc) is 2.86. The zero-order chi connectivity index (χ0) is 11.4. The fourth-order valence-corrected chi connectivity index (χ4v) is 1.41. The van der Waals surface area contributed by atoms with E-state index in [-0.39, 0.29) is 6.04 Å². The van der Waals surface area contributed by atoms with Gasteiger partial charge in [0.15, 0.2) is 0 Å². The molecule has 3 N–H and O–H groups in total. The molecule has 0 aliphatic rings. The van der Waals surface area contributed by atoms with Gasteiger partial charge in [0.25, 0.3) is 0 Å². The van der Waals surface area contributed by atoms with Crippen LogP contribution in [0, 0.1) is 0 Å². The summed E-state index contributed by atoms with van der Waals surface area (Å²) in [7, 11) is 1.61. The van der Waals surface area contributed by atoms with Gasteiger partial charge in [0, 0.05) is 25.8 Å². The monoisotopic (exact) mass is 222 g/mol. The molecule has 0 bridgehead atoms. The summed E-state index contributed by atoms with van der Waals surface area (Å²) >= 11 is 0. The largest absolute Gasteiger partial charge is 0.383 e. The van der Waals surface area contributed by atoms with E-state index in [1.165, 1.54) is 0 Å². The lowest BCUT2D eigenvalue weighted by Crippen LogP contribution is -2.28. The minimum atomic E-state index is -0.123. The first-order chi connectivity index (χ1) is 7.79. The van der Waals surface area contributed by atoms with Gasteiger partial charge in [0.05, 0.1) is 12.3 Å². The fourth-order valence-electron chi connectivity index (χ4n) is 1.41. The Morgan fingerprint density at radius 2 is 2.50 bits per heavy atom. The second-order valence-electron chi connectivity index (χ2n) is 3.52. The third-order valence-electron chi connectivity index (χ3n) is 2.12. The van der Waals surface area contributed by atoms with Crippen LogP contribution in [-0.4, -0.2) is 34.9 Å². The Hall–Kier alpha value is -1.66. The van der Waals surface area contributed by atoms with Gasteiger partial charge in [-0.3, -0.25) is 0 Å². The lowest BCUT2D eigenvalue weighted by Gasteiger charge is -2.05. The number of nitrogens with zero attached hydrogens (tertiary/aromatic N) is 2. The molecular formula is C10H14N4O2. The van der Waals surface area contributed by atoms with Crippen molar-refractivity contribution in [2.75, 3.05) is 13.7 Å². The highest BCUT2D eigenvalue weighted by Crippen LogP contribution is 2.13.